The van der Waals surface area contributed by atoms with Crippen LogP contribution in [0.4, 0.5) is 4.79 Å². The summed E-state index contributed by atoms with van der Waals surface area (Å²) < 4.78 is 0. The Morgan fingerprint density at radius 3 is 2.50 bits per heavy atom. The number of urea groups is 1. The molecule has 8 nitrogen and oxygen atoms in total. The van der Waals surface area contributed by atoms with Crippen LogP contribution in [-0.4, -0.2) is 71.3 Å². The summed E-state index contributed by atoms with van der Waals surface area (Å²) in [4.78, 5) is 44.8. The molecule has 2 aromatic rings. The first kappa shape index (κ1) is 26.5. The number of likely N-dealkylation sites (tertiary alicyclic amines) is 1. The predicted molar refractivity (Wildman–Crippen MR) is 147 cm³/mol. The van der Waals surface area contributed by atoms with Crippen LogP contribution in [0.3, 0.4) is 0 Å². The smallest absolute Gasteiger partial charge is 0.322 e. The van der Waals surface area contributed by atoms with E-state index in [9.17, 15) is 14.4 Å². The Morgan fingerprint density at radius 1 is 1.08 bits per heavy atom. The number of nitrogens with one attached hydrogen (secondary N) is 2. The van der Waals surface area contributed by atoms with Gasteiger partial charge in [-0.3, -0.25) is 19.4 Å². The van der Waals surface area contributed by atoms with Crippen LogP contribution >= 0.6 is 23.2 Å². The van der Waals surface area contributed by atoms with E-state index in [0.717, 1.165) is 32.5 Å². The lowest BCUT2D eigenvalue weighted by atomic mass is 9.95. The second-order valence-corrected chi connectivity index (χ2v) is 10.8. The van der Waals surface area contributed by atoms with Crippen LogP contribution in [0.2, 0.25) is 10.0 Å². The summed E-state index contributed by atoms with van der Waals surface area (Å²) in [6, 6.07) is 14.4. The third-order valence-electron chi connectivity index (χ3n) is 7.42. The van der Waals surface area contributed by atoms with Crippen LogP contribution < -0.4 is 10.6 Å². The van der Waals surface area contributed by atoms with Crippen LogP contribution in [-0.2, 0) is 16.1 Å². The Bertz CT molecular complexity index is 1260. The third kappa shape index (κ3) is 5.53. The molecule has 4 amide bonds. The van der Waals surface area contributed by atoms with Gasteiger partial charge in [0.05, 0.1) is 23.9 Å². The number of benzene rings is 2. The number of hydrogen-bond donors (Lipinski definition) is 2. The van der Waals surface area contributed by atoms with Gasteiger partial charge in [0.2, 0.25) is 5.91 Å². The SMILES string of the molecule is CCN1C(=O)NC(c2ccc(Cl)cc2Cl)C2=C1CN(CC(=O)NC1CCN(Cc3ccccc3)CC1)C2=O. The Labute approximate surface area is 232 Å². The van der Waals surface area contributed by atoms with Gasteiger partial charge >= 0.3 is 6.03 Å². The summed E-state index contributed by atoms with van der Waals surface area (Å²) in [7, 11) is 0. The molecule has 1 unspecified atom stereocenters. The van der Waals surface area contributed by atoms with Crippen molar-refractivity contribution in [3.8, 4) is 0 Å². The average molecular weight is 556 g/mol. The molecule has 1 saturated heterocycles. The maximum Gasteiger partial charge on any atom is 0.322 e. The Morgan fingerprint density at radius 2 is 1.82 bits per heavy atom. The molecule has 2 N–H and O–H groups in total. The lowest BCUT2D eigenvalue weighted by Crippen LogP contribution is -2.47. The van der Waals surface area contributed by atoms with Gasteiger partial charge in [0.1, 0.15) is 6.54 Å². The summed E-state index contributed by atoms with van der Waals surface area (Å²) in [6.07, 6.45) is 1.72. The summed E-state index contributed by atoms with van der Waals surface area (Å²) in [6.45, 7) is 5.09. The number of nitrogens with zero attached hydrogens (tertiary/aromatic N) is 3. The van der Waals surface area contributed by atoms with Gasteiger partial charge in [-0.2, -0.15) is 0 Å². The van der Waals surface area contributed by atoms with Crippen LogP contribution in [0.25, 0.3) is 0 Å². The van der Waals surface area contributed by atoms with Gasteiger partial charge < -0.3 is 15.5 Å². The minimum absolute atomic E-state index is 0.0666. The van der Waals surface area contributed by atoms with E-state index >= 15 is 0 Å². The fourth-order valence-corrected chi connectivity index (χ4v) is 6.02. The highest BCUT2D eigenvalue weighted by molar-refractivity contribution is 6.35. The zero-order valence-electron chi connectivity index (χ0n) is 21.3. The van der Waals surface area contributed by atoms with Crippen molar-refractivity contribution in [1.82, 2.24) is 25.3 Å². The molecule has 3 heterocycles. The van der Waals surface area contributed by atoms with Gasteiger partial charge in [-0.15, -0.1) is 0 Å². The van der Waals surface area contributed by atoms with E-state index < -0.39 is 6.04 Å². The van der Waals surface area contributed by atoms with Crippen LogP contribution in [0.1, 0.15) is 36.9 Å². The normalized spacial score (nSPS) is 20.6. The maximum atomic E-state index is 13.5. The lowest BCUT2D eigenvalue weighted by molar-refractivity contribution is -0.132. The molecule has 0 aliphatic carbocycles. The average Bonchev–Trinajstić information content (AvgIpc) is 3.21. The molecule has 0 aromatic heterocycles. The molecular formula is C28H31Cl2N5O3. The predicted octanol–water partition coefficient (Wildman–Crippen LogP) is 3.96. The molecule has 2 aromatic carbocycles. The number of hydrogen-bond acceptors (Lipinski definition) is 4. The molecular weight excluding hydrogens is 525 g/mol. The fraction of sp³-hybridized carbons (Fsp3) is 0.393. The zero-order valence-corrected chi connectivity index (χ0v) is 22.8. The van der Waals surface area contributed by atoms with Crippen molar-refractivity contribution in [2.24, 2.45) is 0 Å². The third-order valence-corrected chi connectivity index (χ3v) is 7.98. The maximum absolute atomic E-state index is 13.5. The first-order valence-corrected chi connectivity index (χ1v) is 13.7. The van der Waals surface area contributed by atoms with Crippen molar-refractivity contribution < 1.29 is 14.4 Å². The highest BCUT2D eigenvalue weighted by Gasteiger charge is 2.44. The minimum Gasteiger partial charge on any atom is -0.352 e. The molecule has 1 atom stereocenters. The van der Waals surface area contributed by atoms with E-state index in [-0.39, 0.29) is 37.0 Å². The van der Waals surface area contributed by atoms with Crippen molar-refractivity contribution in [3.63, 3.8) is 0 Å². The van der Waals surface area contributed by atoms with E-state index in [1.54, 1.807) is 23.1 Å². The largest absolute Gasteiger partial charge is 0.352 e. The van der Waals surface area contributed by atoms with Gasteiger partial charge in [-0.05, 0) is 43.0 Å². The Hall–Kier alpha value is -3.07. The number of rotatable bonds is 7. The molecule has 0 radical (unpaired) electrons. The molecule has 200 valence electrons. The highest BCUT2D eigenvalue weighted by Crippen LogP contribution is 2.39. The van der Waals surface area contributed by atoms with Crippen LogP contribution in [0.15, 0.2) is 59.8 Å². The van der Waals surface area contributed by atoms with E-state index in [0.29, 0.717) is 33.4 Å². The molecule has 3 aliphatic heterocycles. The van der Waals surface area contributed by atoms with E-state index in [4.69, 9.17) is 23.2 Å². The minimum atomic E-state index is -0.709. The molecule has 0 spiro atoms. The summed E-state index contributed by atoms with van der Waals surface area (Å²) in [5.74, 6) is -0.467. The quantitative estimate of drug-likeness (QED) is 0.541. The number of piperidine rings is 1. The van der Waals surface area contributed by atoms with Crippen molar-refractivity contribution >= 4 is 41.0 Å². The zero-order chi connectivity index (χ0) is 26.8. The van der Waals surface area contributed by atoms with Crippen LogP contribution in [0, 0.1) is 0 Å². The number of likely N-dealkylation sites (N-methyl/N-ethyl adjacent to an activating group) is 1. The Kier molecular flexibility index (Phi) is 7.93. The summed E-state index contributed by atoms with van der Waals surface area (Å²) in [5.41, 5.74) is 2.93. The van der Waals surface area contributed by atoms with E-state index in [1.807, 2.05) is 25.1 Å². The molecule has 5 rings (SSSR count). The van der Waals surface area contributed by atoms with Gasteiger partial charge in [0.25, 0.3) is 5.91 Å². The molecule has 1 fully saturated rings. The van der Waals surface area contributed by atoms with E-state index in [2.05, 4.69) is 27.7 Å². The number of amides is 4. The Balaban J connectivity index is 1.22. The molecule has 3 aliphatic rings. The van der Waals surface area contributed by atoms with Crippen molar-refractivity contribution in [2.75, 3.05) is 32.7 Å². The number of carbonyl (C=O) groups excluding carboxylic acids is 3. The van der Waals surface area contributed by atoms with Gasteiger partial charge in [0.15, 0.2) is 0 Å². The highest BCUT2D eigenvalue weighted by atomic mass is 35.5. The molecule has 0 bridgehead atoms. The standard InChI is InChI=1S/C28H31Cl2N5O3/c1-2-35-23-16-34(27(37)25(23)26(32-28(35)38)21-9-8-19(29)14-22(21)30)17-24(36)31-20-10-12-33(13-11-20)15-18-6-4-3-5-7-18/h3-9,14,20,26H,2,10-13,15-17H2,1H3,(H,31,36)(H,32,38). The fourth-order valence-electron chi connectivity index (χ4n) is 5.50. The first-order valence-electron chi connectivity index (χ1n) is 12.9. The summed E-state index contributed by atoms with van der Waals surface area (Å²) in [5, 5.41) is 6.85. The van der Waals surface area contributed by atoms with Gasteiger partial charge in [-0.1, -0.05) is 59.6 Å². The lowest BCUT2D eigenvalue weighted by Gasteiger charge is -2.33. The molecule has 38 heavy (non-hydrogen) atoms. The second kappa shape index (κ2) is 11.4. The number of halogens is 2. The van der Waals surface area contributed by atoms with Crippen molar-refractivity contribution in [3.05, 3.63) is 81.0 Å². The van der Waals surface area contributed by atoms with Gasteiger partial charge in [-0.25, -0.2) is 4.79 Å². The van der Waals surface area contributed by atoms with Crippen LogP contribution in [0.5, 0.6) is 0 Å². The van der Waals surface area contributed by atoms with Gasteiger partial charge in [0, 0.05) is 42.3 Å². The molecule has 10 heteroatoms. The monoisotopic (exact) mass is 555 g/mol. The number of carbonyl (C=O) groups is 3. The topological polar surface area (TPSA) is 85.0 Å². The first-order chi connectivity index (χ1) is 18.3. The second-order valence-electron chi connectivity index (χ2n) is 9.92. The molecule has 0 saturated carbocycles. The van der Waals surface area contributed by atoms with E-state index in [1.165, 1.54) is 10.5 Å². The van der Waals surface area contributed by atoms with Crippen molar-refractivity contribution in [2.45, 2.75) is 38.4 Å². The van der Waals surface area contributed by atoms with Crippen molar-refractivity contribution in [1.29, 1.82) is 0 Å². The summed E-state index contributed by atoms with van der Waals surface area (Å²) >= 11 is 12.5.